The van der Waals surface area contributed by atoms with E-state index in [0.717, 1.165) is 22.6 Å². The zero-order chi connectivity index (χ0) is 22.9. The van der Waals surface area contributed by atoms with Gasteiger partial charge in [-0.25, -0.2) is 14.6 Å². The number of aryl methyl sites for hydroxylation is 1. The first-order chi connectivity index (χ1) is 15.2. The van der Waals surface area contributed by atoms with Crippen molar-refractivity contribution in [1.29, 1.82) is 0 Å². The molecule has 3 aromatic heterocycles. The van der Waals surface area contributed by atoms with E-state index in [4.69, 9.17) is 10.5 Å². The number of rotatable bonds is 6. The lowest BCUT2D eigenvalue weighted by Gasteiger charge is -2.17. The van der Waals surface area contributed by atoms with E-state index in [2.05, 4.69) is 25.3 Å². The number of anilines is 1. The van der Waals surface area contributed by atoms with E-state index in [0.29, 0.717) is 29.3 Å². The monoisotopic (exact) mass is 431 g/mol. The molecule has 164 valence electrons. The predicted molar refractivity (Wildman–Crippen MR) is 121 cm³/mol. The molecule has 0 radical (unpaired) electrons. The smallest absolute Gasteiger partial charge is 0.221 e. The number of pyridine rings is 1. The van der Waals surface area contributed by atoms with Gasteiger partial charge in [0.05, 0.1) is 42.6 Å². The van der Waals surface area contributed by atoms with E-state index < -0.39 is 5.60 Å². The van der Waals surface area contributed by atoms with E-state index in [9.17, 15) is 5.11 Å². The van der Waals surface area contributed by atoms with Gasteiger partial charge >= 0.3 is 0 Å². The van der Waals surface area contributed by atoms with Crippen LogP contribution in [-0.4, -0.2) is 42.2 Å². The van der Waals surface area contributed by atoms with Gasteiger partial charge in [0.1, 0.15) is 17.0 Å². The zero-order valence-electron chi connectivity index (χ0n) is 18.4. The second kappa shape index (κ2) is 8.35. The van der Waals surface area contributed by atoms with Gasteiger partial charge in [-0.3, -0.25) is 4.98 Å². The maximum Gasteiger partial charge on any atom is 0.221 e. The molecule has 1 aromatic carbocycles. The third-order valence-corrected chi connectivity index (χ3v) is 4.99. The van der Waals surface area contributed by atoms with Crippen LogP contribution in [0.25, 0.3) is 22.6 Å². The summed E-state index contributed by atoms with van der Waals surface area (Å²) in [5.74, 6) is 0.869. The highest BCUT2D eigenvalue weighted by Gasteiger charge is 2.18. The van der Waals surface area contributed by atoms with Crippen LogP contribution < -0.4 is 10.5 Å². The minimum atomic E-state index is -1.02. The molecule has 0 amide bonds. The van der Waals surface area contributed by atoms with Crippen LogP contribution in [0.4, 0.5) is 5.95 Å². The largest absolute Gasteiger partial charge is 0.496 e. The molecule has 0 aliphatic carbocycles. The topological polar surface area (TPSA) is 125 Å². The fourth-order valence-corrected chi connectivity index (χ4v) is 3.43. The Balaban J connectivity index is 1.65. The summed E-state index contributed by atoms with van der Waals surface area (Å²) >= 11 is 0. The lowest BCUT2D eigenvalue weighted by Crippen LogP contribution is -2.18. The summed E-state index contributed by atoms with van der Waals surface area (Å²) in [6, 6.07) is 13.2. The molecule has 4 aromatic rings. The molecule has 0 unspecified atom stereocenters. The van der Waals surface area contributed by atoms with Crippen LogP contribution in [0.15, 0.2) is 48.7 Å². The number of para-hydroxylation sites is 1. The van der Waals surface area contributed by atoms with Crippen molar-refractivity contribution in [3.63, 3.8) is 0 Å². The molecule has 0 fully saturated rings. The number of benzene rings is 1. The number of aliphatic hydroxyl groups is 1. The third-order valence-electron chi connectivity index (χ3n) is 4.99. The maximum absolute atomic E-state index is 10.2. The molecule has 0 aliphatic heterocycles. The fraction of sp³-hybridized carbons (Fsp3) is 0.261. The molecule has 32 heavy (non-hydrogen) atoms. The van der Waals surface area contributed by atoms with Crippen LogP contribution in [0, 0.1) is 6.92 Å². The van der Waals surface area contributed by atoms with Gasteiger partial charge in [-0.1, -0.05) is 23.4 Å². The van der Waals surface area contributed by atoms with Gasteiger partial charge in [0.25, 0.3) is 0 Å². The number of aromatic nitrogens is 6. The van der Waals surface area contributed by atoms with Crippen molar-refractivity contribution >= 4 is 5.95 Å². The Morgan fingerprint density at radius 3 is 2.53 bits per heavy atom. The molecule has 3 N–H and O–H groups in total. The Morgan fingerprint density at radius 1 is 1.03 bits per heavy atom. The minimum Gasteiger partial charge on any atom is -0.496 e. The van der Waals surface area contributed by atoms with E-state index in [1.54, 1.807) is 37.9 Å². The molecule has 0 bridgehead atoms. The summed E-state index contributed by atoms with van der Waals surface area (Å²) in [4.78, 5) is 13.2. The number of nitrogens with two attached hydrogens (primary N) is 1. The van der Waals surface area contributed by atoms with Gasteiger partial charge in [0.15, 0.2) is 0 Å². The molecular weight excluding hydrogens is 406 g/mol. The molecular formula is C23H25N7O2. The van der Waals surface area contributed by atoms with Gasteiger partial charge in [0.2, 0.25) is 5.95 Å². The highest BCUT2D eigenvalue weighted by Crippen LogP contribution is 2.33. The second-order valence-electron chi connectivity index (χ2n) is 8.03. The van der Waals surface area contributed by atoms with Crippen LogP contribution in [-0.2, 0) is 12.1 Å². The minimum absolute atomic E-state index is 0.134. The van der Waals surface area contributed by atoms with E-state index in [-0.39, 0.29) is 5.95 Å². The predicted octanol–water partition coefficient (Wildman–Crippen LogP) is 2.97. The van der Waals surface area contributed by atoms with Gasteiger partial charge in [-0.05, 0) is 50.6 Å². The van der Waals surface area contributed by atoms with E-state index in [1.807, 2.05) is 43.3 Å². The summed E-state index contributed by atoms with van der Waals surface area (Å²) < 4.78 is 7.23. The second-order valence-corrected chi connectivity index (χ2v) is 8.03. The van der Waals surface area contributed by atoms with E-state index in [1.165, 1.54) is 0 Å². The number of methoxy groups -OCH3 is 1. The van der Waals surface area contributed by atoms with Crippen LogP contribution in [0.2, 0.25) is 0 Å². The number of hydrogen-bond acceptors (Lipinski definition) is 8. The van der Waals surface area contributed by atoms with Crippen LogP contribution >= 0.6 is 0 Å². The number of ether oxygens (including phenoxy) is 1. The van der Waals surface area contributed by atoms with Crippen molar-refractivity contribution < 1.29 is 9.84 Å². The molecule has 9 heteroatoms. The SMILES string of the molecule is COc1c(C)cccc1-c1cc(-c2cn(Cc3cccc(C(C)(C)O)n3)nn2)nc(N)n1. The summed E-state index contributed by atoms with van der Waals surface area (Å²) in [5, 5.41) is 18.6. The van der Waals surface area contributed by atoms with Gasteiger partial charge in [0, 0.05) is 5.56 Å². The van der Waals surface area contributed by atoms with Gasteiger partial charge in [-0.15, -0.1) is 5.10 Å². The van der Waals surface area contributed by atoms with Crippen LogP contribution in [0.3, 0.4) is 0 Å². The Morgan fingerprint density at radius 2 is 1.78 bits per heavy atom. The first-order valence-corrected chi connectivity index (χ1v) is 10.1. The first-order valence-electron chi connectivity index (χ1n) is 10.1. The average molecular weight is 432 g/mol. The highest BCUT2D eigenvalue weighted by molar-refractivity contribution is 5.73. The zero-order valence-corrected chi connectivity index (χ0v) is 18.4. The van der Waals surface area contributed by atoms with Crippen molar-refractivity contribution in [2.24, 2.45) is 0 Å². The molecule has 3 heterocycles. The molecule has 9 nitrogen and oxygen atoms in total. The Labute approximate surface area is 185 Å². The van der Waals surface area contributed by atoms with Crippen molar-refractivity contribution in [3.05, 3.63) is 65.6 Å². The summed E-state index contributed by atoms with van der Waals surface area (Å²) in [5.41, 5.74) is 9.91. The number of hydrogen-bond donors (Lipinski definition) is 2. The number of nitrogens with zero attached hydrogens (tertiary/aromatic N) is 6. The summed E-state index contributed by atoms with van der Waals surface area (Å²) in [7, 11) is 1.63. The Bertz CT molecular complexity index is 1260. The van der Waals surface area contributed by atoms with Gasteiger partial charge < -0.3 is 15.6 Å². The molecule has 0 atom stereocenters. The van der Waals surface area contributed by atoms with Crippen LogP contribution in [0.1, 0.15) is 30.8 Å². The lowest BCUT2D eigenvalue weighted by molar-refractivity contribution is 0.0736. The maximum atomic E-state index is 10.2. The molecule has 0 saturated heterocycles. The van der Waals surface area contributed by atoms with Crippen molar-refractivity contribution in [2.75, 3.05) is 12.8 Å². The molecule has 0 saturated carbocycles. The normalized spacial score (nSPS) is 11.5. The van der Waals surface area contributed by atoms with Crippen LogP contribution in [0.5, 0.6) is 5.75 Å². The number of nitrogen functional groups attached to an aromatic ring is 1. The lowest BCUT2D eigenvalue weighted by atomic mass is 10.0. The molecule has 0 spiro atoms. The first kappa shape index (κ1) is 21.4. The highest BCUT2D eigenvalue weighted by atomic mass is 16.5. The summed E-state index contributed by atoms with van der Waals surface area (Å²) in [6.07, 6.45) is 1.78. The fourth-order valence-electron chi connectivity index (χ4n) is 3.43. The Kier molecular flexibility index (Phi) is 5.58. The third kappa shape index (κ3) is 4.42. The average Bonchev–Trinajstić information content (AvgIpc) is 3.21. The molecule has 4 rings (SSSR count). The van der Waals surface area contributed by atoms with Gasteiger partial charge in [-0.2, -0.15) is 0 Å². The van der Waals surface area contributed by atoms with Crippen molar-refractivity contribution in [1.82, 2.24) is 29.9 Å². The standard InChI is InChI=1S/C23H25N7O2/c1-14-7-5-9-16(21(14)32-4)17-11-18(27-22(24)26-17)19-13-30(29-28-19)12-15-8-6-10-20(25-15)23(2,3)31/h5-11,13,31H,12H2,1-4H3,(H2,24,26,27). The molecule has 0 aliphatic rings. The van der Waals surface area contributed by atoms with Crippen molar-refractivity contribution in [3.8, 4) is 28.4 Å². The Hall–Kier alpha value is -3.85. The van der Waals surface area contributed by atoms with E-state index >= 15 is 0 Å². The quantitative estimate of drug-likeness (QED) is 0.477. The van der Waals surface area contributed by atoms with Crippen molar-refractivity contribution in [2.45, 2.75) is 32.9 Å². The summed E-state index contributed by atoms with van der Waals surface area (Å²) in [6.45, 7) is 5.77.